The summed E-state index contributed by atoms with van der Waals surface area (Å²) < 4.78 is 0. The van der Waals surface area contributed by atoms with Crippen LogP contribution in [-0.4, -0.2) is 15.2 Å². The number of fused-ring (bicyclic) bond motifs is 1. The third-order valence-electron chi connectivity index (χ3n) is 1.45. The van der Waals surface area contributed by atoms with E-state index in [0.717, 1.165) is 6.20 Å². The molecule has 0 atom stereocenters. The third-order valence-corrected chi connectivity index (χ3v) is 1.45. The molecule has 0 saturated carbocycles. The van der Waals surface area contributed by atoms with Crippen LogP contribution in [0.15, 0.2) is 35.3 Å². The van der Waals surface area contributed by atoms with Gasteiger partial charge in [0.15, 0.2) is 0 Å². The molecule has 0 aliphatic carbocycles. The number of aromatic nitrogens is 3. The second kappa shape index (κ2) is 2.65. The minimum Gasteiger partial charge on any atom is -0.266 e. The second-order valence-electron chi connectivity index (χ2n) is 2.28. The van der Waals surface area contributed by atoms with Crippen molar-refractivity contribution in [1.82, 2.24) is 15.2 Å². The van der Waals surface area contributed by atoms with Gasteiger partial charge in [0.2, 0.25) is 0 Å². The summed E-state index contributed by atoms with van der Waals surface area (Å²) in [6, 6.07) is 7.11. The number of rotatable bonds is 0. The van der Waals surface area contributed by atoms with E-state index in [1.807, 2.05) is 6.07 Å². The molecular formula is C8H5N3O. The summed E-state index contributed by atoms with van der Waals surface area (Å²) >= 11 is 0. The topological polar surface area (TPSA) is 55.7 Å². The van der Waals surface area contributed by atoms with Gasteiger partial charge in [-0.15, -0.1) is 5.10 Å². The zero-order chi connectivity index (χ0) is 8.39. The molecule has 1 aromatic heterocycles. The second-order valence-corrected chi connectivity index (χ2v) is 2.28. The van der Waals surface area contributed by atoms with Crippen molar-refractivity contribution in [2.45, 2.75) is 0 Å². The highest BCUT2D eigenvalue weighted by molar-refractivity contribution is 5.72. The van der Waals surface area contributed by atoms with Gasteiger partial charge in [-0.3, -0.25) is 4.79 Å². The van der Waals surface area contributed by atoms with Crippen molar-refractivity contribution in [2.24, 2.45) is 0 Å². The molecule has 0 fully saturated rings. The van der Waals surface area contributed by atoms with Gasteiger partial charge in [0.05, 0.1) is 5.52 Å². The van der Waals surface area contributed by atoms with E-state index < -0.39 is 0 Å². The largest absolute Gasteiger partial charge is 0.290 e. The van der Waals surface area contributed by atoms with Gasteiger partial charge < -0.3 is 0 Å². The van der Waals surface area contributed by atoms with Crippen LogP contribution < -0.4 is 5.56 Å². The molecule has 1 aromatic carbocycles. The van der Waals surface area contributed by atoms with Crippen LogP contribution in [0.3, 0.4) is 0 Å². The summed E-state index contributed by atoms with van der Waals surface area (Å²) in [7, 11) is 0. The fourth-order valence-electron chi connectivity index (χ4n) is 0.931. The molecule has 0 N–H and O–H groups in total. The summed E-state index contributed by atoms with van der Waals surface area (Å²) in [5.74, 6) is 0. The molecule has 0 amide bonds. The zero-order valence-corrected chi connectivity index (χ0v) is 6.14. The molecule has 4 heteroatoms. The molecule has 0 bridgehead atoms. The quantitative estimate of drug-likeness (QED) is 0.557. The molecule has 1 heterocycles. The Morgan fingerprint density at radius 2 is 1.83 bits per heavy atom. The average molecular weight is 159 g/mol. The number of hydrogen-bond donors (Lipinski definition) is 0. The van der Waals surface area contributed by atoms with Gasteiger partial charge >= 0.3 is 0 Å². The predicted molar refractivity (Wildman–Crippen MR) is 43.6 cm³/mol. The van der Waals surface area contributed by atoms with Crippen molar-refractivity contribution in [3.8, 4) is 0 Å². The minimum atomic E-state index is -0.372. The van der Waals surface area contributed by atoms with Gasteiger partial charge in [0.1, 0.15) is 11.7 Å². The Morgan fingerprint density at radius 3 is 2.67 bits per heavy atom. The van der Waals surface area contributed by atoms with Gasteiger partial charge in [0.25, 0.3) is 5.56 Å². The van der Waals surface area contributed by atoms with Crippen LogP contribution in [0.25, 0.3) is 11.0 Å². The lowest BCUT2D eigenvalue weighted by Gasteiger charge is -1.84. The maximum atomic E-state index is 10.9. The van der Waals surface area contributed by atoms with Crippen LogP contribution in [0.5, 0.6) is 0 Å². The Balaban J connectivity index is 2.98. The van der Waals surface area contributed by atoms with E-state index >= 15 is 0 Å². The maximum Gasteiger partial charge on any atom is 0.290 e. The van der Waals surface area contributed by atoms with E-state index in [1.165, 1.54) is 0 Å². The van der Waals surface area contributed by atoms with Crippen LogP contribution in [-0.2, 0) is 0 Å². The smallest absolute Gasteiger partial charge is 0.266 e. The van der Waals surface area contributed by atoms with Gasteiger partial charge in [-0.2, -0.15) is 5.10 Å². The van der Waals surface area contributed by atoms with Crippen LogP contribution in [0.4, 0.5) is 0 Å². The summed E-state index contributed by atoms with van der Waals surface area (Å²) in [4.78, 5) is 14.6. The Kier molecular flexibility index (Phi) is 1.51. The van der Waals surface area contributed by atoms with Crippen molar-refractivity contribution in [3.05, 3.63) is 40.8 Å². The molecule has 0 radical (unpaired) electrons. The Bertz CT molecular complexity index is 469. The lowest BCUT2D eigenvalue weighted by atomic mass is 10.3. The van der Waals surface area contributed by atoms with Crippen LogP contribution in [0.2, 0.25) is 0 Å². The molecule has 2 aromatic rings. The van der Waals surface area contributed by atoms with Gasteiger partial charge in [0, 0.05) is 0 Å². The number of hydrogen-bond acceptors (Lipinski definition) is 4. The Labute approximate surface area is 67.9 Å². The maximum absolute atomic E-state index is 10.9. The fourth-order valence-corrected chi connectivity index (χ4v) is 0.931. The molecule has 0 unspecified atom stereocenters. The monoisotopic (exact) mass is 159 g/mol. The molecule has 58 valence electrons. The SMILES string of the molecule is O=c1cnnc2ccccc2n1. The van der Waals surface area contributed by atoms with Gasteiger partial charge in [-0.25, -0.2) is 4.98 Å². The first-order valence-electron chi connectivity index (χ1n) is 3.45. The van der Waals surface area contributed by atoms with Crippen LogP contribution in [0, 0.1) is 0 Å². The predicted octanol–water partition coefficient (Wildman–Crippen LogP) is 0.385. The highest BCUT2D eigenvalue weighted by Gasteiger charge is 1.91. The lowest BCUT2D eigenvalue weighted by Crippen LogP contribution is -1.98. The molecule has 12 heavy (non-hydrogen) atoms. The van der Waals surface area contributed by atoms with E-state index in [9.17, 15) is 4.79 Å². The third kappa shape index (κ3) is 1.14. The molecule has 0 saturated heterocycles. The first-order chi connectivity index (χ1) is 5.86. The van der Waals surface area contributed by atoms with E-state index in [4.69, 9.17) is 0 Å². The van der Waals surface area contributed by atoms with Gasteiger partial charge in [-0.05, 0) is 12.1 Å². The Hall–Kier alpha value is -1.84. The molecule has 0 aliphatic heterocycles. The van der Waals surface area contributed by atoms with Crippen LogP contribution in [0.1, 0.15) is 0 Å². The van der Waals surface area contributed by atoms with E-state index in [-0.39, 0.29) is 5.56 Å². The highest BCUT2D eigenvalue weighted by Crippen LogP contribution is 2.01. The number of nitrogens with zero attached hydrogens (tertiary/aromatic N) is 3. The molecule has 2 rings (SSSR count). The van der Waals surface area contributed by atoms with E-state index in [1.54, 1.807) is 18.2 Å². The van der Waals surface area contributed by atoms with Crippen molar-refractivity contribution in [1.29, 1.82) is 0 Å². The summed E-state index contributed by atoms with van der Waals surface area (Å²) in [6.07, 6.45) is 1.10. The lowest BCUT2D eigenvalue weighted by molar-refractivity contribution is 1.08. The van der Waals surface area contributed by atoms with E-state index in [2.05, 4.69) is 15.2 Å². The normalized spacial score (nSPS) is 10.0. The van der Waals surface area contributed by atoms with Gasteiger partial charge in [-0.1, -0.05) is 12.1 Å². The Morgan fingerprint density at radius 1 is 1.08 bits per heavy atom. The number of para-hydroxylation sites is 1. The highest BCUT2D eigenvalue weighted by atomic mass is 16.1. The molecule has 0 aliphatic rings. The summed E-state index contributed by atoms with van der Waals surface area (Å²) in [5.41, 5.74) is 0.823. The standard InChI is InChI=1S/C8H5N3O/c12-8-5-9-11-7-4-2-1-3-6(7)10-8/h1-5H. The fraction of sp³-hybridized carbons (Fsp3) is 0. The summed E-state index contributed by atoms with van der Waals surface area (Å²) in [6.45, 7) is 0. The first-order valence-corrected chi connectivity index (χ1v) is 3.45. The molecule has 0 spiro atoms. The average Bonchev–Trinajstić information content (AvgIpc) is 2.25. The minimum absolute atomic E-state index is 0.372. The molecule has 4 nitrogen and oxygen atoms in total. The summed E-state index contributed by atoms with van der Waals surface area (Å²) in [5, 5.41) is 7.34. The van der Waals surface area contributed by atoms with Crippen molar-refractivity contribution < 1.29 is 0 Å². The van der Waals surface area contributed by atoms with Crippen LogP contribution >= 0.6 is 0 Å². The van der Waals surface area contributed by atoms with Crippen molar-refractivity contribution in [2.75, 3.05) is 0 Å². The van der Waals surface area contributed by atoms with E-state index in [0.29, 0.717) is 11.0 Å². The van der Waals surface area contributed by atoms with Crippen molar-refractivity contribution in [3.63, 3.8) is 0 Å². The zero-order valence-electron chi connectivity index (χ0n) is 6.14. The molecular weight excluding hydrogens is 154 g/mol. The first kappa shape index (κ1) is 6.84. The van der Waals surface area contributed by atoms with Crippen molar-refractivity contribution >= 4 is 11.0 Å². The number of benzene rings is 1.